The highest BCUT2D eigenvalue weighted by atomic mass is 32.1. The Kier molecular flexibility index (Phi) is 14.6. The average molecular weight is 230 g/mol. The number of unbranched alkanes of at least 4 members (excludes halogenated alkanes) is 7. The molecule has 0 aromatic heterocycles. The Morgan fingerprint density at radius 1 is 0.733 bits per heavy atom. The van der Waals surface area contributed by atoms with E-state index in [0.717, 1.165) is 5.75 Å². The van der Waals surface area contributed by atoms with Crippen molar-refractivity contribution >= 4 is 12.6 Å². The molecule has 0 aromatic rings. The van der Waals surface area contributed by atoms with Gasteiger partial charge in [-0.3, -0.25) is 0 Å². The van der Waals surface area contributed by atoms with Gasteiger partial charge in [0.15, 0.2) is 0 Å². The van der Waals surface area contributed by atoms with Crippen molar-refractivity contribution in [1.29, 1.82) is 0 Å². The molecule has 0 saturated carbocycles. The first-order valence-electron chi connectivity index (χ1n) is 6.70. The first-order valence-corrected chi connectivity index (χ1v) is 7.28. The van der Waals surface area contributed by atoms with Crippen molar-refractivity contribution in [3.8, 4) is 0 Å². The summed E-state index contributed by atoms with van der Waals surface area (Å²) in [6, 6.07) is 0. The molecule has 0 aliphatic carbocycles. The van der Waals surface area contributed by atoms with E-state index in [4.69, 9.17) is 12.6 Å². The fourth-order valence-electron chi connectivity index (χ4n) is 1.68. The monoisotopic (exact) mass is 230 g/mol. The zero-order valence-corrected chi connectivity index (χ0v) is 11.2. The van der Waals surface area contributed by atoms with Crippen LogP contribution >= 0.6 is 12.6 Å². The Balaban J connectivity index is 2.81. The zero-order valence-electron chi connectivity index (χ0n) is 10.4. The van der Waals surface area contributed by atoms with Gasteiger partial charge in [0.25, 0.3) is 0 Å². The minimum atomic E-state index is 0.928. The van der Waals surface area contributed by atoms with Crippen LogP contribution in [-0.4, -0.2) is 18.8 Å². The molecule has 1 radical (unpaired) electrons. The third kappa shape index (κ3) is 14.3. The fraction of sp³-hybridized carbons (Fsp3) is 1.00. The maximum absolute atomic E-state index is 4.90. The van der Waals surface area contributed by atoms with Gasteiger partial charge in [-0.2, -0.15) is 0 Å². The fourth-order valence-corrected chi connectivity index (χ4v) is 1.89. The molecule has 1 nitrogen and oxygen atoms in total. The molecule has 15 heavy (non-hydrogen) atoms. The molecule has 0 bridgehead atoms. The third-order valence-electron chi connectivity index (χ3n) is 2.70. The van der Waals surface area contributed by atoms with Gasteiger partial charge in [-0.25, -0.2) is 0 Å². The second-order valence-electron chi connectivity index (χ2n) is 4.28. The molecule has 0 aliphatic heterocycles. The summed E-state index contributed by atoms with van der Waals surface area (Å²) >= 11 is 4.90. The van der Waals surface area contributed by atoms with Crippen LogP contribution in [0.25, 0.3) is 0 Å². The van der Waals surface area contributed by atoms with E-state index in [9.17, 15) is 0 Å². The normalized spacial score (nSPS) is 10.8. The van der Waals surface area contributed by atoms with Crippen molar-refractivity contribution in [3.05, 3.63) is 0 Å². The van der Waals surface area contributed by atoms with Crippen molar-refractivity contribution in [2.75, 3.05) is 18.8 Å². The summed E-state index contributed by atoms with van der Waals surface area (Å²) in [7, 11) is 0. The molecule has 0 aromatic carbocycles. The molecule has 2 heteroatoms. The highest BCUT2D eigenvalue weighted by molar-refractivity contribution is 7.80. The lowest BCUT2D eigenvalue weighted by atomic mass is 10.1. The van der Waals surface area contributed by atoms with Crippen LogP contribution in [0.4, 0.5) is 0 Å². The Hall–Kier alpha value is 0.310. The standard InChI is InChI=1S/C13H28NS/c1-2-3-4-5-6-8-11-14-12-9-7-10-13-15/h14H,2-13H2,1H3. The van der Waals surface area contributed by atoms with Crippen molar-refractivity contribution in [1.82, 2.24) is 5.32 Å². The average Bonchev–Trinajstić information content (AvgIpc) is 2.26. The minimum Gasteiger partial charge on any atom is -0.317 e. The molecule has 91 valence electrons. The molecule has 0 amide bonds. The lowest BCUT2D eigenvalue weighted by Gasteiger charge is -2.04. The molecule has 0 aliphatic rings. The van der Waals surface area contributed by atoms with Crippen molar-refractivity contribution in [2.24, 2.45) is 0 Å². The largest absolute Gasteiger partial charge is 0.317 e. The molecule has 1 N–H and O–H groups in total. The Labute approximate surface area is 102 Å². The maximum Gasteiger partial charge on any atom is 0.00369 e. The van der Waals surface area contributed by atoms with Crippen LogP contribution in [0.1, 0.15) is 64.7 Å². The van der Waals surface area contributed by atoms with Gasteiger partial charge in [0.1, 0.15) is 0 Å². The van der Waals surface area contributed by atoms with Gasteiger partial charge in [-0.05, 0) is 32.4 Å². The maximum atomic E-state index is 4.90. The van der Waals surface area contributed by atoms with Crippen LogP contribution in [0.15, 0.2) is 0 Å². The Bertz CT molecular complexity index is 94.7. The van der Waals surface area contributed by atoms with Crippen LogP contribution < -0.4 is 5.32 Å². The van der Waals surface area contributed by atoms with Gasteiger partial charge in [-0.1, -0.05) is 58.1 Å². The van der Waals surface area contributed by atoms with Gasteiger partial charge >= 0.3 is 0 Å². The van der Waals surface area contributed by atoms with Gasteiger partial charge in [0.2, 0.25) is 0 Å². The summed E-state index contributed by atoms with van der Waals surface area (Å²) < 4.78 is 0. The van der Waals surface area contributed by atoms with Crippen molar-refractivity contribution < 1.29 is 0 Å². The van der Waals surface area contributed by atoms with Gasteiger partial charge in [0.05, 0.1) is 0 Å². The lowest BCUT2D eigenvalue weighted by Crippen LogP contribution is -2.16. The summed E-state index contributed by atoms with van der Waals surface area (Å²) in [5, 5.41) is 3.50. The van der Waals surface area contributed by atoms with Crippen molar-refractivity contribution in [3.63, 3.8) is 0 Å². The van der Waals surface area contributed by atoms with Crippen molar-refractivity contribution in [2.45, 2.75) is 64.7 Å². The molecule has 0 saturated heterocycles. The van der Waals surface area contributed by atoms with E-state index < -0.39 is 0 Å². The summed E-state index contributed by atoms with van der Waals surface area (Å²) in [6.45, 7) is 4.66. The zero-order chi connectivity index (χ0) is 11.2. The molecule has 0 fully saturated rings. The molecule has 0 unspecified atom stereocenters. The Morgan fingerprint density at radius 2 is 1.27 bits per heavy atom. The smallest absolute Gasteiger partial charge is 0.00369 e. The SMILES string of the molecule is CCCCCCCCNCCCCC[S]. The summed E-state index contributed by atoms with van der Waals surface area (Å²) in [6.07, 6.45) is 12.2. The van der Waals surface area contributed by atoms with E-state index in [1.54, 1.807) is 0 Å². The molecule has 0 spiro atoms. The lowest BCUT2D eigenvalue weighted by molar-refractivity contribution is 0.557. The van der Waals surface area contributed by atoms with Gasteiger partial charge in [-0.15, -0.1) is 0 Å². The van der Waals surface area contributed by atoms with Crippen LogP contribution in [0.2, 0.25) is 0 Å². The highest BCUT2D eigenvalue weighted by Gasteiger charge is 1.91. The molecular formula is C13H28NS. The minimum absolute atomic E-state index is 0.928. The molecule has 0 atom stereocenters. The third-order valence-corrected chi connectivity index (χ3v) is 2.99. The number of hydrogen-bond donors (Lipinski definition) is 1. The highest BCUT2D eigenvalue weighted by Crippen LogP contribution is 2.04. The topological polar surface area (TPSA) is 12.0 Å². The van der Waals surface area contributed by atoms with Gasteiger partial charge < -0.3 is 5.32 Å². The van der Waals surface area contributed by atoms with E-state index in [-0.39, 0.29) is 0 Å². The first-order chi connectivity index (χ1) is 7.41. The van der Waals surface area contributed by atoms with E-state index in [1.807, 2.05) is 0 Å². The molecule has 0 rings (SSSR count). The van der Waals surface area contributed by atoms with E-state index in [0.29, 0.717) is 0 Å². The van der Waals surface area contributed by atoms with Crippen LogP contribution in [-0.2, 0) is 0 Å². The summed E-state index contributed by atoms with van der Waals surface area (Å²) in [5.41, 5.74) is 0. The number of rotatable bonds is 12. The van der Waals surface area contributed by atoms with E-state index >= 15 is 0 Å². The number of hydrogen-bond acceptors (Lipinski definition) is 1. The second kappa shape index (κ2) is 14.3. The summed E-state index contributed by atoms with van der Waals surface area (Å²) in [4.78, 5) is 0. The van der Waals surface area contributed by atoms with Gasteiger partial charge in [0, 0.05) is 5.75 Å². The second-order valence-corrected chi connectivity index (χ2v) is 4.69. The van der Waals surface area contributed by atoms with E-state index in [1.165, 1.54) is 70.9 Å². The van der Waals surface area contributed by atoms with Crippen LogP contribution in [0.3, 0.4) is 0 Å². The molecular weight excluding hydrogens is 202 g/mol. The number of nitrogens with one attached hydrogen (secondary N) is 1. The summed E-state index contributed by atoms with van der Waals surface area (Å²) in [5.74, 6) is 0.928. The Morgan fingerprint density at radius 3 is 1.87 bits per heavy atom. The first kappa shape index (κ1) is 15.3. The quantitative estimate of drug-likeness (QED) is 0.493. The van der Waals surface area contributed by atoms with E-state index in [2.05, 4.69) is 12.2 Å². The predicted octanol–water partition coefficient (Wildman–Crippen LogP) is 4.30. The predicted molar refractivity (Wildman–Crippen MR) is 72.6 cm³/mol. The van der Waals surface area contributed by atoms with Crippen LogP contribution in [0, 0.1) is 0 Å². The van der Waals surface area contributed by atoms with Crippen LogP contribution in [0.5, 0.6) is 0 Å². The molecule has 0 heterocycles.